The molecular formula is C22H24FN5O2. The number of anilines is 1. The van der Waals surface area contributed by atoms with Crippen molar-refractivity contribution in [1.29, 1.82) is 0 Å². The van der Waals surface area contributed by atoms with Gasteiger partial charge in [0.05, 0.1) is 25.0 Å². The highest BCUT2D eigenvalue weighted by Gasteiger charge is 2.46. The molecule has 0 spiro atoms. The van der Waals surface area contributed by atoms with E-state index in [-0.39, 0.29) is 17.4 Å². The number of aromatic nitrogens is 2. The predicted octanol–water partition coefficient (Wildman–Crippen LogP) is 3.58. The quantitative estimate of drug-likeness (QED) is 0.804. The summed E-state index contributed by atoms with van der Waals surface area (Å²) in [5.41, 5.74) is 6.47. The fourth-order valence-corrected chi connectivity index (χ4v) is 4.44. The second-order valence-corrected chi connectivity index (χ2v) is 7.62. The number of benzene rings is 1. The third-order valence-corrected chi connectivity index (χ3v) is 5.85. The van der Waals surface area contributed by atoms with Crippen LogP contribution in [0.1, 0.15) is 48.2 Å². The van der Waals surface area contributed by atoms with Crippen LogP contribution in [0.15, 0.2) is 47.7 Å². The summed E-state index contributed by atoms with van der Waals surface area (Å²) in [4.78, 5) is 25.4. The largest absolute Gasteiger partial charge is 0.480 e. The maximum Gasteiger partial charge on any atom is 0.275 e. The molecule has 7 nitrogen and oxygen atoms in total. The van der Waals surface area contributed by atoms with Crippen molar-refractivity contribution in [2.45, 2.75) is 37.6 Å². The maximum absolute atomic E-state index is 15.0. The Morgan fingerprint density at radius 2 is 2.17 bits per heavy atom. The molecule has 3 N–H and O–H groups in total. The number of nitrogens with two attached hydrogens (primary N) is 1. The van der Waals surface area contributed by atoms with E-state index in [2.05, 4.69) is 15.3 Å². The van der Waals surface area contributed by atoms with Crippen LogP contribution in [-0.4, -0.2) is 28.8 Å². The zero-order valence-electron chi connectivity index (χ0n) is 16.8. The van der Waals surface area contributed by atoms with Crippen molar-refractivity contribution in [2.24, 2.45) is 16.6 Å². The number of hydrogen-bond donors (Lipinski definition) is 2. The fraction of sp³-hybridized carbons (Fsp3) is 0.364. The SMILES string of the molecule is COc1cnc(C(=O)Nc2ccc(F)c(C34CCCC3CC/C=C/C(N)=N4)c2)cn1. The number of allylic oxidation sites excluding steroid dienone is 1. The van der Waals surface area contributed by atoms with Gasteiger partial charge in [-0.15, -0.1) is 0 Å². The minimum Gasteiger partial charge on any atom is -0.480 e. The summed E-state index contributed by atoms with van der Waals surface area (Å²) in [5, 5.41) is 2.78. The summed E-state index contributed by atoms with van der Waals surface area (Å²) in [5.74, 6) is 0.144. The van der Waals surface area contributed by atoms with Crippen LogP contribution < -0.4 is 15.8 Å². The van der Waals surface area contributed by atoms with E-state index in [0.717, 1.165) is 32.1 Å². The first-order chi connectivity index (χ1) is 14.5. The third kappa shape index (κ3) is 3.77. The molecule has 2 heterocycles. The summed E-state index contributed by atoms with van der Waals surface area (Å²) in [6.07, 6.45) is 11.0. The third-order valence-electron chi connectivity index (χ3n) is 5.85. The zero-order chi connectivity index (χ0) is 21.1. The molecule has 0 saturated heterocycles. The van der Waals surface area contributed by atoms with Crippen LogP contribution in [0.25, 0.3) is 0 Å². The van der Waals surface area contributed by atoms with Gasteiger partial charge >= 0.3 is 0 Å². The summed E-state index contributed by atoms with van der Waals surface area (Å²) < 4.78 is 20.0. The lowest BCUT2D eigenvalue weighted by atomic mass is 9.77. The van der Waals surface area contributed by atoms with Gasteiger partial charge in [-0.25, -0.2) is 14.4 Å². The van der Waals surface area contributed by atoms with Crippen LogP contribution in [-0.2, 0) is 5.54 Å². The lowest BCUT2D eigenvalue weighted by molar-refractivity contribution is 0.102. The molecule has 0 radical (unpaired) electrons. The monoisotopic (exact) mass is 409 g/mol. The van der Waals surface area contributed by atoms with Gasteiger partial charge in [0.25, 0.3) is 5.91 Å². The first-order valence-corrected chi connectivity index (χ1v) is 10.0. The van der Waals surface area contributed by atoms with Gasteiger partial charge < -0.3 is 15.8 Å². The van der Waals surface area contributed by atoms with Gasteiger partial charge in [0.2, 0.25) is 5.88 Å². The molecule has 0 bridgehead atoms. The number of ether oxygens (including phenoxy) is 1. The van der Waals surface area contributed by atoms with Crippen molar-refractivity contribution >= 4 is 17.4 Å². The molecule has 2 aliphatic rings. The highest BCUT2D eigenvalue weighted by Crippen LogP contribution is 2.50. The van der Waals surface area contributed by atoms with Gasteiger partial charge in [-0.05, 0) is 55.9 Å². The van der Waals surface area contributed by atoms with Gasteiger partial charge in [-0.3, -0.25) is 9.79 Å². The van der Waals surface area contributed by atoms with Crippen molar-refractivity contribution in [2.75, 3.05) is 12.4 Å². The van der Waals surface area contributed by atoms with Gasteiger partial charge in [-0.1, -0.05) is 12.5 Å². The Morgan fingerprint density at radius 3 is 2.93 bits per heavy atom. The number of carbonyl (C=O) groups is 1. The number of nitrogens with one attached hydrogen (secondary N) is 1. The van der Waals surface area contributed by atoms with Crippen LogP contribution in [0.2, 0.25) is 0 Å². The molecule has 1 amide bonds. The highest BCUT2D eigenvalue weighted by atomic mass is 19.1. The number of nitrogens with zero attached hydrogens (tertiary/aromatic N) is 3. The van der Waals surface area contributed by atoms with Crippen molar-refractivity contribution in [3.05, 3.63) is 59.8 Å². The smallest absolute Gasteiger partial charge is 0.275 e. The summed E-state index contributed by atoms with van der Waals surface area (Å²) in [6.45, 7) is 0. The van der Waals surface area contributed by atoms with Crippen LogP contribution >= 0.6 is 0 Å². The van der Waals surface area contributed by atoms with Gasteiger partial charge in [0.15, 0.2) is 0 Å². The highest BCUT2D eigenvalue weighted by molar-refractivity contribution is 6.02. The Hall–Kier alpha value is -3.29. The molecule has 8 heteroatoms. The lowest BCUT2D eigenvalue weighted by Gasteiger charge is -2.34. The van der Waals surface area contributed by atoms with Gasteiger partial charge in [0, 0.05) is 11.3 Å². The number of hydrogen-bond acceptors (Lipinski definition) is 6. The molecule has 1 aliphatic heterocycles. The first kappa shape index (κ1) is 20.0. The number of amides is 1. The molecule has 4 rings (SSSR count). The molecular weight excluding hydrogens is 385 g/mol. The Morgan fingerprint density at radius 1 is 1.30 bits per heavy atom. The lowest BCUT2D eigenvalue weighted by Crippen LogP contribution is -2.33. The average Bonchev–Trinajstić information content (AvgIpc) is 3.13. The van der Waals surface area contributed by atoms with Crippen molar-refractivity contribution in [1.82, 2.24) is 9.97 Å². The second-order valence-electron chi connectivity index (χ2n) is 7.62. The first-order valence-electron chi connectivity index (χ1n) is 10.0. The number of rotatable bonds is 4. The molecule has 156 valence electrons. The Kier molecular flexibility index (Phi) is 5.48. The molecule has 1 aliphatic carbocycles. The van der Waals surface area contributed by atoms with E-state index >= 15 is 4.39 Å². The standard InChI is InChI=1S/C22H24FN5O2/c1-30-20-13-25-18(12-26-20)21(29)27-15-8-9-17(23)16(11-15)22-10-4-6-14(22)5-2-3-7-19(24)28-22/h3,7-9,11-14H,2,4-6,10H2,1H3,(H2,24,28)(H,27,29)/b7-3+. The van der Waals surface area contributed by atoms with Crippen LogP contribution in [0.5, 0.6) is 5.88 Å². The normalized spacial score (nSPS) is 24.2. The summed E-state index contributed by atoms with van der Waals surface area (Å²) in [7, 11) is 1.47. The van der Waals surface area contributed by atoms with Crippen LogP contribution in [0.4, 0.5) is 10.1 Å². The molecule has 1 aromatic carbocycles. The van der Waals surface area contributed by atoms with Crippen LogP contribution in [0.3, 0.4) is 0 Å². The minimum absolute atomic E-state index is 0.136. The van der Waals surface area contributed by atoms with E-state index in [9.17, 15) is 4.79 Å². The molecule has 30 heavy (non-hydrogen) atoms. The zero-order valence-corrected chi connectivity index (χ0v) is 16.8. The number of amidine groups is 1. The predicted molar refractivity (Wildman–Crippen MR) is 112 cm³/mol. The van der Waals surface area contributed by atoms with Crippen molar-refractivity contribution < 1.29 is 13.9 Å². The second kappa shape index (κ2) is 8.22. The minimum atomic E-state index is -0.709. The molecule has 2 aromatic rings. The van der Waals surface area contributed by atoms with E-state index in [4.69, 9.17) is 15.5 Å². The Labute approximate surface area is 174 Å². The molecule has 2 unspecified atom stereocenters. The average molecular weight is 409 g/mol. The number of fused-ring (bicyclic) bond motifs is 1. The van der Waals surface area contributed by atoms with E-state index < -0.39 is 11.4 Å². The van der Waals surface area contributed by atoms with E-state index in [1.807, 2.05) is 6.08 Å². The maximum atomic E-state index is 15.0. The molecule has 2 atom stereocenters. The van der Waals surface area contributed by atoms with Crippen molar-refractivity contribution in [3.8, 4) is 5.88 Å². The number of halogens is 1. The fourth-order valence-electron chi connectivity index (χ4n) is 4.44. The number of aliphatic imine (C=N–C) groups is 1. The number of methoxy groups -OCH3 is 1. The topological polar surface area (TPSA) is 102 Å². The van der Waals surface area contributed by atoms with E-state index in [1.54, 1.807) is 12.1 Å². The van der Waals surface area contributed by atoms with Crippen LogP contribution in [0, 0.1) is 11.7 Å². The Balaban J connectivity index is 1.67. The van der Waals surface area contributed by atoms with Crippen molar-refractivity contribution in [3.63, 3.8) is 0 Å². The van der Waals surface area contributed by atoms with Gasteiger partial charge in [-0.2, -0.15) is 0 Å². The van der Waals surface area contributed by atoms with E-state index in [0.29, 0.717) is 23.0 Å². The molecule has 1 fully saturated rings. The summed E-state index contributed by atoms with van der Waals surface area (Å²) >= 11 is 0. The van der Waals surface area contributed by atoms with Gasteiger partial charge in [0.1, 0.15) is 17.3 Å². The summed E-state index contributed by atoms with van der Waals surface area (Å²) in [6, 6.07) is 4.57. The van der Waals surface area contributed by atoms with E-state index in [1.165, 1.54) is 31.6 Å². The molecule has 1 aromatic heterocycles. The number of carbonyl (C=O) groups excluding carboxylic acids is 1. The Bertz CT molecular complexity index is 1010. The molecule has 1 saturated carbocycles.